The summed E-state index contributed by atoms with van der Waals surface area (Å²) in [5.41, 5.74) is 3.98. The molecule has 0 aliphatic heterocycles. The van der Waals surface area contributed by atoms with Crippen LogP contribution >= 0.6 is 0 Å². The van der Waals surface area contributed by atoms with Crippen LogP contribution in [-0.4, -0.2) is 34.5 Å². The monoisotopic (exact) mass is 438 g/mol. The average molecular weight is 439 g/mol. The van der Waals surface area contributed by atoms with Gasteiger partial charge >= 0.3 is 0 Å². The van der Waals surface area contributed by atoms with Gasteiger partial charge < -0.3 is 4.90 Å². The molecule has 0 unspecified atom stereocenters. The minimum atomic E-state index is 0.658. The predicted molar refractivity (Wildman–Crippen MR) is 128 cm³/mol. The van der Waals surface area contributed by atoms with Crippen molar-refractivity contribution in [2.24, 2.45) is 7.05 Å². The lowest BCUT2D eigenvalue weighted by atomic mass is 10.1. The number of benzene rings is 2. The first-order chi connectivity index (χ1) is 16.2. The topological polar surface area (TPSA) is 77.5 Å². The van der Waals surface area contributed by atoms with Crippen molar-refractivity contribution in [2.45, 2.75) is 32.9 Å². The minimum absolute atomic E-state index is 0.658. The summed E-state index contributed by atoms with van der Waals surface area (Å²) in [6.45, 7) is 3.56. The van der Waals surface area contributed by atoms with Gasteiger partial charge in [-0.25, -0.2) is 15.0 Å². The van der Waals surface area contributed by atoms with Gasteiger partial charge in [0.2, 0.25) is 5.95 Å². The van der Waals surface area contributed by atoms with Crippen molar-refractivity contribution in [1.82, 2.24) is 34.5 Å². The Morgan fingerprint density at radius 2 is 1.52 bits per heavy atom. The van der Waals surface area contributed by atoms with Crippen molar-refractivity contribution in [1.29, 1.82) is 0 Å². The van der Waals surface area contributed by atoms with Gasteiger partial charge in [-0.1, -0.05) is 72.8 Å². The average Bonchev–Trinajstić information content (AvgIpc) is 3.48. The van der Waals surface area contributed by atoms with Crippen molar-refractivity contribution in [2.75, 3.05) is 4.90 Å². The van der Waals surface area contributed by atoms with E-state index in [2.05, 4.69) is 70.7 Å². The molecule has 0 aliphatic carbocycles. The number of fused-ring (bicyclic) bond motifs is 1. The van der Waals surface area contributed by atoms with Crippen LogP contribution in [0, 0.1) is 0 Å². The molecule has 0 bridgehead atoms. The lowest BCUT2D eigenvalue weighted by molar-refractivity contribution is 0.719. The van der Waals surface area contributed by atoms with E-state index in [4.69, 9.17) is 15.0 Å². The van der Waals surface area contributed by atoms with E-state index in [9.17, 15) is 0 Å². The van der Waals surface area contributed by atoms with Gasteiger partial charge in [0, 0.05) is 26.6 Å². The lowest BCUT2D eigenvalue weighted by Crippen LogP contribution is -2.24. The summed E-state index contributed by atoms with van der Waals surface area (Å²) >= 11 is 0. The smallest absolute Gasteiger partial charge is 0.234 e. The number of aromatic nitrogens is 7. The summed E-state index contributed by atoms with van der Waals surface area (Å²) in [4.78, 5) is 17.1. The van der Waals surface area contributed by atoms with E-state index in [-0.39, 0.29) is 0 Å². The maximum absolute atomic E-state index is 5.01. The Balaban J connectivity index is 1.67. The van der Waals surface area contributed by atoms with Crippen LogP contribution in [0.15, 0.2) is 73.1 Å². The summed E-state index contributed by atoms with van der Waals surface area (Å²) in [6.07, 6.45) is 5.20. The maximum Gasteiger partial charge on any atom is 0.234 e. The molecule has 33 heavy (non-hydrogen) atoms. The molecule has 0 spiro atoms. The second kappa shape index (κ2) is 9.20. The fourth-order valence-electron chi connectivity index (χ4n) is 3.97. The lowest BCUT2D eigenvalue weighted by Gasteiger charge is -2.25. The Morgan fingerprint density at radius 3 is 2.09 bits per heavy atom. The van der Waals surface area contributed by atoms with Crippen LogP contribution in [0.4, 0.5) is 5.82 Å². The Bertz CT molecular complexity index is 1290. The van der Waals surface area contributed by atoms with E-state index in [1.54, 1.807) is 17.1 Å². The van der Waals surface area contributed by atoms with Crippen LogP contribution in [0.25, 0.3) is 17.1 Å². The third-order valence-electron chi connectivity index (χ3n) is 5.56. The molecule has 0 saturated carbocycles. The molecular weight excluding hydrogens is 412 g/mol. The number of hydrogen-bond acceptors (Lipinski definition) is 6. The van der Waals surface area contributed by atoms with Crippen molar-refractivity contribution in [3.8, 4) is 5.95 Å². The van der Waals surface area contributed by atoms with Gasteiger partial charge in [0.1, 0.15) is 5.82 Å². The zero-order valence-electron chi connectivity index (χ0n) is 18.8. The summed E-state index contributed by atoms with van der Waals surface area (Å²) < 4.78 is 3.61. The Labute approximate surface area is 192 Å². The largest absolute Gasteiger partial charge is 0.346 e. The highest BCUT2D eigenvalue weighted by molar-refractivity contribution is 5.85. The van der Waals surface area contributed by atoms with E-state index in [0.717, 1.165) is 35.6 Å². The molecule has 0 N–H and O–H groups in total. The van der Waals surface area contributed by atoms with Crippen LogP contribution in [0.5, 0.6) is 0 Å². The number of anilines is 1. The molecule has 0 amide bonds. The predicted octanol–water partition coefficient (Wildman–Crippen LogP) is 4.10. The molecule has 8 nitrogen and oxygen atoms in total. The molecule has 0 fully saturated rings. The number of aryl methyl sites for hydroxylation is 2. The first-order valence-electron chi connectivity index (χ1n) is 11.2. The molecule has 5 aromatic rings. The molecule has 5 rings (SSSR count). The van der Waals surface area contributed by atoms with Crippen LogP contribution in [-0.2, 0) is 26.6 Å². The van der Waals surface area contributed by atoms with Gasteiger partial charge in [-0.05, 0) is 17.5 Å². The van der Waals surface area contributed by atoms with Crippen molar-refractivity contribution in [3.63, 3.8) is 0 Å². The van der Waals surface area contributed by atoms with Crippen molar-refractivity contribution < 1.29 is 0 Å². The molecule has 8 heteroatoms. The maximum atomic E-state index is 5.01. The molecule has 0 aliphatic rings. The molecule has 0 radical (unpaired) electrons. The highest BCUT2D eigenvalue weighted by Crippen LogP contribution is 2.28. The zero-order chi connectivity index (χ0) is 22.6. The van der Waals surface area contributed by atoms with Crippen LogP contribution in [0.2, 0.25) is 0 Å². The summed E-state index contributed by atoms with van der Waals surface area (Å²) in [5.74, 6) is 2.31. The minimum Gasteiger partial charge on any atom is -0.346 e. The highest BCUT2D eigenvalue weighted by atomic mass is 15.5. The molecule has 2 aromatic carbocycles. The quantitative estimate of drug-likeness (QED) is 0.363. The zero-order valence-corrected chi connectivity index (χ0v) is 18.8. The van der Waals surface area contributed by atoms with Crippen molar-refractivity contribution >= 4 is 17.0 Å². The Morgan fingerprint density at radius 1 is 0.848 bits per heavy atom. The third-order valence-corrected chi connectivity index (χ3v) is 5.56. The van der Waals surface area contributed by atoms with Gasteiger partial charge in [0.15, 0.2) is 17.0 Å². The molecular formula is C25H26N8. The molecule has 166 valence electrons. The first-order valence-corrected chi connectivity index (χ1v) is 11.2. The number of nitrogens with zero attached hydrogens (tertiary/aromatic N) is 8. The Kier molecular flexibility index (Phi) is 5.80. The van der Waals surface area contributed by atoms with Crippen LogP contribution < -0.4 is 4.90 Å². The van der Waals surface area contributed by atoms with E-state index >= 15 is 0 Å². The SMILES string of the molecule is CCCc1nc(N(Cc2ccccc2)Cc2ccccc2)c2nc(-n3ccnn3)n(C)c2n1. The summed E-state index contributed by atoms with van der Waals surface area (Å²) in [5, 5.41) is 8.07. The van der Waals surface area contributed by atoms with E-state index in [1.807, 2.05) is 23.7 Å². The molecule has 0 atom stereocenters. The standard InChI is InChI=1S/C25H26N8/c1-3-10-21-27-23-22(29-25(31(23)2)33-16-15-26-30-33)24(28-21)32(17-19-11-6-4-7-12-19)18-20-13-8-5-9-14-20/h4-9,11-16H,3,10,17-18H2,1-2H3. The Hall–Kier alpha value is -4.07. The van der Waals surface area contributed by atoms with Gasteiger partial charge in [-0.3, -0.25) is 4.57 Å². The van der Waals surface area contributed by atoms with E-state index in [1.165, 1.54) is 11.1 Å². The first kappa shape index (κ1) is 20.8. The van der Waals surface area contributed by atoms with Gasteiger partial charge in [0.25, 0.3) is 0 Å². The van der Waals surface area contributed by atoms with Crippen LogP contribution in [0.3, 0.4) is 0 Å². The second-order valence-electron chi connectivity index (χ2n) is 8.03. The second-order valence-corrected chi connectivity index (χ2v) is 8.03. The molecule has 3 aromatic heterocycles. The van der Waals surface area contributed by atoms with E-state index in [0.29, 0.717) is 19.0 Å². The fourth-order valence-corrected chi connectivity index (χ4v) is 3.97. The normalized spacial score (nSPS) is 11.2. The fraction of sp³-hybridized carbons (Fsp3) is 0.240. The highest BCUT2D eigenvalue weighted by Gasteiger charge is 2.22. The van der Waals surface area contributed by atoms with Gasteiger partial charge in [0.05, 0.1) is 12.4 Å². The van der Waals surface area contributed by atoms with Crippen LogP contribution in [0.1, 0.15) is 30.3 Å². The molecule has 3 heterocycles. The number of imidazole rings is 1. The van der Waals surface area contributed by atoms with Gasteiger partial charge in [-0.2, -0.15) is 4.68 Å². The summed E-state index contributed by atoms with van der Waals surface area (Å²) in [6, 6.07) is 20.9. The van der Waals surface area contributed by atoms with Gasteiger partial charge in [-0.15, -0.1) is 5.10 Å². The van der Waals surface area contributed by atoms with Crippen molar-refractivity contribution in [3.05, 3.63) is 90.0 Å². The number of hydrogen-bond donors (Lipinski definition) is 0. The third kappa shape index (κ3) is 4.32. The number of rotatable bonds is 8. The molecule has 0 saturated heterocycles. The van der Waals surface area contributed by atoms with E-state index < -0.39 is 0 Å². The summed E-state index contributed by atoms with van der Waals surface area (Å²) in [7, 11) is 1.96.